The molecule has 1 aromatic carbocycles. The fourth-order valence-corrected chi connectivity index (χ4v) is 1.77. The van der Waals surface area contributed by atoms with Gasteiger partial charge in [-0.3, -0.25) is 4.31 Å². The highest BCUT2D eigenvalue weighted by atomic mass is 32.2. The predicted octanol–water partition coefficient (Wildman–Crippen LogP) is 0.811. The van der Waals surface area contributed by atoms with E-state index >= 15 is 0 Å². The molecule has 0 unspecified atom stereocenters. The zero-order valence-electron chi connectivity index (χ0n) is 8.43. The van der Waals surface area contributed by atoms with Gasteiger partial charge in [-0.25, -0.2) is 8.42 Å². The summed E-state index contributed by atoms with van der Waals surface area (Å²) in [6.45, 7) is 0.182. The van der Waals surface area contributed by atoms with Crippen molar-refractivity contribution in [1.29, 1.82) is 0 Å². The van der Waals surface area contributed by atoms with Crippen LogP contribution in [0.1, 0.15) is 0 Å². The van der Waals surface area contributed by atoms with Gasteiger partial charge in [0.1, 0.15) is 0 Å². The summed E-state index contributed by atoms with van der Waals surface area (Å²) in [7, 11) is -1.74. The molecule has 0 saturated heterocycles. The number of benzene rings is 1. The summed E-state index contributed by atoms with van der Waals surface area (Å²) in [5.41, 5.74) is 0.557. The van der Waals surface area contributed by atoms with Gasteiger partial charge in [0.05, 0.1) is 11.9 Å². The fraction of sp³-hybridized carbons (Fsp3) is 0.333. The van der Waals surface area contributed by atoms with Gasteiger partial charge in [0.25, 0.3) is 0 Å². The van der Waals surface area contributed by atoms with E-state index < -0.39 is 10.0 Å². The van der Waals surface area contributed by atoms with Crippen molar-refractivity contribution < 1.29 is 17.9 Å². The highest BCUT2D eigenvalue weighted by Gasteiger charge is 2.17. The molecule has 2 rings (SSSR count). The molecule has 0 bridgehead atoms. The Labute approximate surface area is 88.3 Å². The first-order valence-electron chi connectivity index (χ1n) is 4.32. The van der Waals surface area contributed by atoms with Crippen molar-refractivity contribution in [2.75, 3.05) is 24.4 Å². The van der Waals surface area contributed by atoms with E-state index in [1.165, 1.54) is 11.4 Å². The van der Waals surface area contributed by atoms with E-state index in [0.29, 0.717) is 17.2 Å². The van der Waals surface area contributed by atoms with E-state index in [4.69, 9.17) is 9.47 Å². The number of sulfonamides is 1. The van der Waals surface area contributed by atoms with Gasteiger partial charge in [-0.2, -0.15) is 0 Å². The van der Waals surface area contributed by atoms with Crippen LogP contribution in [0.15, 0.2) is 18.2 Å². The Bertz CT molecular complexity index is 483. The molecular formula is C9H11NO4S. The molecule has 0 amide bonds. The van der Waals surface area contributed by atoms with Crippen LogP contribution in [0.4, 0.5) is 5.69 Å². The van der Waals surface area contributed by atoms with E-state index in [0.717, 1.165) is 6.26 Å². The number of hydrogen-bond acceptors (Lipinski definition) is 4. The lowest BCUT2D eigenvalue weighted by Crippen LogP contribution is -2.24. The van der Waals surface area contributed by atoms with Crippen molar-refractivity contribution in [2.24, 2.45) is 0 Å². The van der Waals surface area contributed by atoms with Crippen molar-refractivity contribution in [3.05, 3.63) is 18.2 Å². The van der Waals surface area contributed by atoms with Gasteiger partial charge >= 0.3 is 0 Å². The van der Waals surface area contributed by atoms with Gasteiger partial charge in [0.2, 0.25) is 16.8 Å². The third-order valence-electron chi connectivity index (χ3n) is 2.22. The molecule has 0 N–H and O–H groups in total. The second-order valence-corrected chi connectivity index (χ2v) is 5.28. The average Bonchev–Trinajstić information content (AvgIpc) is 2.61. The number of nitrogens with zero attached hydrogens (tertiary/aromatic N) is 1. The average molecular weight is 229 g/mol. The third-order valence-corrected chi connectivity index (χ3v) is 3.42. The van der Waals surface area contributed by atoms with Crippen LogP contribution in [0.5, 0.6) is 11.5 Å². The maximum Gasteiger partial charge on any atom is 0.231 e. The van der Waals surface area contributed by atoms with Gasteiger partial charge in [-0.05, 0) is 12.1 Å². The second kappa shape index (κ2) is 3.30. The van der Waals surface area contributed by atoms with Gasteiger partial charge in [0, 0.05) is 13.1 Å². The van der Waals surface area contributed by atoms with Gasteiger partial charge in [0.15, 0.2) is 11.5 Å². The summed E-state index contributed by atoms with van der Waals surface area (Å²) in [4.78, 5) is 0. The molecule has 0 aromatic heterocycles. The normalized spacial score (nSPS) is 14.0. The lowest BCUT2D eigenvalue weighted by Gasteiger charge is -2.16. The Morgan fingerprint density at radius 3 is 2.60 bits per heavy atom. The number of fused-ring (bicyclic) bond motifs is 1. The van der Waals surface area contributed by atoms with Crippen LogP contribution >= 0.6 is 0 Å². The third kappa shape index (κ3) is 1.85. The van der Waals surface area contributed by atoms with Gasteiger partial charge in [-0.1, -0.05) is 0 Å². The minimum Gasteiger partial charge on any atom is -0.454 e. The molecule has 1 aliphatic rings. The maximum absolute atomic E-state index is 11.3. The molecule has 0 fully saturated rings. The predicted molar refractivity (Wildman–Crippen MR) is 55.8 cm³/mol. The molecule has 1 heterocycles. The molecular weight excluding hydrogens is 218 g/mol. The molecule has 6 heteroatoms. The Kier molecular flexibility index (Phi) is 2.22. The molecule has 0 radical (unpaired) electrons. The van der Waals surface area contributed by atoms with E-state index in [-0.39, 0.29) is 6.79 Å². The lowest BCUT2D eigenvalue weighted by molar-refractivity contribution is 0.174. The number of hydrogen-bond donors (Lipinski definition) is 0. The Morgan fingerprint density at radius 2 is 1.93 bits per heavy atom. The molecule has 5 nitrogen and oxygen atoms in total. The smallest absolute Gasteiger partial charge is 0.231 e. The summed E-state index contributed by atoms with van der Waals surface area (Å²) < 4.78 is 34.0. The molecule has 0 aliphatic carbocycles. The lowest BCUT2D eigenvalue weighted by atomic mass is 10.3. The monoisotopic (exact) mass is 229 g/mol. The second-order valence-electron chi connectivity index (χ2n) is 3.27. The first-order valence-corrected chi connectivity index (χ1v) is 6.17. The summed E-state index contributed by atoms with van der Waals surface area (Å²) in [5, 5.41) is 0. The van der Waals surface area contributed by atoms with E-state index in [9.17, 15) is 8.42 Å². The highest BCUT2D eigenvalue weighted by Crippen LogP contribution is 2.35. The fourth-order valence-electron chi connectivity index (χ4n) is 1.27. The van der Waals surface area contributed by atoms with E-state index in [1.807, 2.05) is 0 Å². The van der Waals surface area contributed by atoms with Crippen molar-refractivity contribution in [3.8, 4) is 11.5 Å². The Morgan fingerprint density at radius 1 is 1.27 bits per heavy atom. The molecule has 1 aromatic rings. The summed E-state index contributed by atoms with van der Waals surface area (Å²) in [6.07, 6.45) is 1.15. The quantitative estimate of drug-likeness (QED) is 0.753. The molecule has 15 heavy (non-hydrogen) atoms. The molecule has 0 saturated carbocycles. The topological polar surface area (TPSA) is 55.8 Å². The number of anilines is 1. The van der Waals surface area contributed by atoms with Crippen molar-refractivity contribution in [1.82, 2.24) is 0 Å². The summed E-state index contributed by atoms with van der Waals surface area (Å²) >= 11 is 0. The minimum atomic E-state index is -3.24. The summed E-state index contributed by atoms with van der Waals surface area (Å²) in [5.74, 6) is 1.21. The number of rotatable bonds is 2. The Hall–Kier alpha value is -1.43. The van der Waals surface area contributed by atoms with Crippen molar-refractivity contribution >= 4 is 15.7 Å². The van der Waals surface area contributed by atoms with Crippen molar-refractivity contribution in [2.45, 2.75) is 0 Å². The van der Waals surface area contributed by atoms with Crippen molar-refractivity contribution in [3.63, 3.8) is 0 Å². The number of ether oxygens (including phenoxy) is 2. The first kappa shape index (κ1) is 10.1. The van der Waals surface area contributed by atoms with Crippen LogP contribution in [-0.4, -0.2) is 28.5 Å². The zero-order valence-corrected chi connectivity index (χ0v) is 9.24. The molecule has 0 spiro atoms. The first-order chi connectivity index (χ1) is 6.98. The highest BCUT2D eigenvalue weighted by molar-refractivity contribution is 7.92. The molecule has 0 atom stereocenters. The summed E-state index contributed by atoms with van der Waals surface area (Å²) in [6, 6.07) is 5.01. The van der Waals surface area contributed by atoms with Crippen LogP contribution in [0.2, 0.25) is 0 Å². The maximum atomic E-state index is 11.3. The van der Waals surface area contributed by atoms with Crippen LogP contribution in [0.25, 0.3) is 0 Å². The van der Waals surface area contributed by atoms with Crippen LogP contribution in [-0.2, 0) is 10.0 Å². The standard InChI is InChI=1S/C9H11NO4S/c1-10(15(2,11)12)7-3-4-8-9(5-7)14-6-13-8/h3-5H,6H2,1-2H3. The van der Waals surface area contributed by atoms with E-state index in [1.54, 1.807) is 18.2 Å². The minimum absolute atomic E-state index is 0.182. The molecule has 82 valence electrons. The molecule has 1 aliphatic heterocycles. The zero-order chi connectivity index (χ0) is 11.1. The van der Waals surface area contributed by atoms with Gasteiger partial charge < -0.3 is 9.47 Å². The van der Waals surface area contributed by atoms with Crippen LogP contribution < -0.4 is 13.8 Å². The van der Waals surface area contributed by atoms with E-state index in [2.05, 4.69) is 0 Å². The Balaban J connectivity index is 2.39. The SMILES string of the molecule is CN(c1ccc2c(c1)OCO2)S(C)(=O)=O. The van der Waals surface area contributed by atoms with Gasteiger partial charge in [-0.15, -0.1) is 0 Å². The van der Waals surface area contributed by atoms with Crippen LogP contribution in [0, 0.1) is 0 Å². The largest absolute Gasteiger partial charge is 0.454 e. The van der Waals surface area contributed by atoms with Crippen LogP contribution in [0.3, 0.4) is 0 Å².